The molecule has 0 amide bonds. The number of aryl methyl sites for hydroxylation is 1. The van der Waals surface area contributed by atoms with Gasteiger partial charge >= 0.3 is 5.69 Å². The molecular weight excluding hydrogens is 314 g/mol. The summed E-state index contributed by atoms with van der Waals surface area (Å²) < 4.78 is 0. The number of piperazine rings is 1. The summed E-state index contributed by atoms with van der Waals surface area (Å²) in [7, 11) is 0. The third kappa shape index (κ3) is 3.26. The van der Waals surface area contributed by atoms with Crippen molar-refractivity contribution in [1.29, 1.82) is 0 Å². The van der Waals surface area contributed by atoms with E-state index < -0.39 is 0 Å². The standard InChI is InChI=1S/C19H25N5O/c1-14-5-2-3-7-17(14)24-10-4-6-15-16(13-24)21-19(25)22-18(15)23-11-8-20-9-12-23/h2-3,5,7,20H,4,6,8-13H2,1H3,(H,21,22,25). The van der Waals surface area contributed by atoms with Crippen LogP contribution in [0.4, 0.5) is 11.5 Å². The normalized spacial score (nSPS) is 18.0. The Morgan fingerprint density at radius 2 is 1.88 bits per heavy atom. The molecule has 0 saturated carbocycles. The SMILES string of the molecule is Cc1ccccc1N1CCCc2c(N3CCNCC3)nc(=O)[nH]c2C1. The molecular formula is C19H25N5O. The van der Waals surface area contributed by atoms with Crippen LogP contribution in [0.1, 0.15) is 23.2 Å². The molecule has 6 heteroatoms. The number of nitrogens with zero attached hydrogens (tertiary/aromatic N) is 3. The van der Waals surface area contributed by atoms with Crippen molar-refractivity contribution in [1.82, 2.24) is 15.3 Å². The minimum absolute atomic E-state index is 0.237. The Morgan fingerprint density at radius 1 is 1.08 bits per heavy atom. The molecule has 25 heavy (non-hydrogen) atoms. The van der Waals surface area contributed by atoms with E-state index in [1.54, 1.807) is 0 Å². The maximum atomic E-state index is 12.2. The van der Waals surface area contributed by atoms with Gasteiger partial charge in [-0.2, -0.15) is 4.98 Å². The fourth-order valence-corrected chi connectivity index (χ4v) is 3.91. The molecule has 1 fully saturated rings. The van der Waals surface area contributed by atoms with Crippen molar-refractivity contribution in [2.75, 3.05) is 42.5 Å². The summed E-state index contributed by atoms with van der Waals surface area (Å²) >= 11 is 0. The minimum Gasteiger partial charge on any atom is -0.365 e. The Labute approximate surface area is 147 Å². The fraction of sp³-hybridized carbons (Fsp3) is 0.474. The van der Waals surface area contributed by atoms with E-state index in [1.807, 2.05) is 0 Å². The van der Waals surface area contributed by atoms with E-state index in [0.717, 1.165) is 63.6 Å². The Balaban J connectivity index is 1.71. The smallest absolute Gasteiger partial charge is 0.347 e. The topological polar surface area (TPSA) is 64.3 Å². The summed E-state index contributed by atoms with van der Waals surface area (Å²) in [6, 6.07) is 8.45. The predicted octanol–water partition coefficient (Wildman–Crippen LogP) is 1.44. The number of anilines is 2. The van der Waals surface area contributed by atoms with Crippen molar-refractivity contribution in [2.24, 2.45) is 0 Å². The van der Waals surface area contributed by atoms with Gasteiger partial charge in [0.15, 0.2) is 0 Å². The molecule has 3 heterocycles. The quantitative estimate of drug-likeness (QED) is 0.867. The van der Waals surface area contributed by atoms with E-state index in [-0.39, 0.29) is 5.69 Å². The number of hydrogen-bond acceptors (Lipinski definition) is 5. The molecule has 0 aliphatic carbocycles. The summed E-state index contributed by atoms with van der Waals surface area (Å²) in [5.41, 5.74) is 4.52. The molecule has 0 bridgehead atoms. The largest absolute Gasteiger partial charge is 0.365 e. The summed E-state index contributed by atoms with van der Waals surface area (Å²) in [6.07, 6.45) is 2.02. The van der Waals surface area contributed by atoms with Crippen LogP contribution in [0.2, 0.25) is 0 Å². The molecule has 0 unspecified atom stereocenters. The maximum absolute atomic E-state index is 12.2. The van der Waals surface area contributed by atoms with Crippen LogP contribution in [0.3, 0.4) is 0 Å². The van der Waals surface area contributed by atoms with E-state index in [4.69, 9.17) is 0 Å². The molecule has 0 atom stereocenters. The highest BCUT2D eigenvalue weighted by Crippen LogP contribution is 2.28. The zero-order valence-corrected chi connectivity index (χ0v) is 14.7. The Morgan fingerprint density at radius 3 is 2.68 bits per heavy atom. The van der Waals surface area contributed by atoms with Crippen molar-refractivity contribution in [3.63, 3.8) is 0 Å². The number of aromatic amines is 1. The molecule has 132 valence electrons. The zero-order chi connectivity index (χ0) is 17.2. The van der Waals surface area contributed by atoms with Gasteiger partial charge in [0.2, 0.25) is 0 Å². The van der Waals surface area contributed by atoms with Crippen LogP contribution in [0.15, 0.2) is 29.1 Å². The van der Waals surface area contributed by atoms with E-state index in [9.17, 15) is 4.79 Å². The number of nitrogens with one attached hydrogen (secondary N) is 2. The Kier molecular flexibility index (Phi) is 4.44. The second-order valence-corrected chi connectivity index (χ2v) is 6.87. The van der Waals surface area contributed by atoms with Gasteiger partial charge in [0.25, 0.3) is 0 Å². The van der Waals surface area contributed by atoms with Gasteiger partial charge in [-0.3, -0.25) is 0 Å². The highest BCUT2D eigenvalue weighted by molar-refractivity contribution is 5.56. The van der Waals surface area contributed by atoms with Gasteiger partial charge < -0.3 is 20.1 Å². The van der Waals surface area contributed by atoms with Gasteiger partial charge in [-0.25, -0.2) is 4.79 Å². The number of H-pyrrole nitrogens is 1. The Hall–Kier alpha value is -2.34. The molecule has 1 aromatic carbocycles. The molecule has 1 saturated heterocycles. The molecule has 2 aromatic rings. The van der Waals surface area contributed by atoms with E-state index in [0.29, 0.717) is 0 Å². The lowest BCUT2D eigenvalue weighted by Gasteiger charge is -2.30. The third-order valence-electron chi connectivity index (χ3n) is 5.18. The molecule has 4 rings (SSSR count). The molecule has 0 radical (unpaired) electrons. The monoisotopic (exact) mass is 339 g/mol. The maximum Gasteiger partial charge on any atom is 0.347 e. The van der Waals surface area contributed by atoms with Crippen LogP contribution < -0.4 is 20.8 Å². The van der Waals surface area contributed by atoms with Gasteiger partial charge in [0, 0.05) is 49.7 Å². The average molecular weight is 339 g/mol. The number of para-hydroxylation sites is 1. The Bertz CT molecular complexity index is 810. The van der Waals surface area contributed by atoms with Crippen molar-refractivity contribution in [3.05, 3.63) is 51.6 Å². The first-order chi connectivity index (χ1) is 12.2. The minimum atomic E-state index is -0.237. The van der Waals surface area contributed by atoms with Gasteiger partial charge in [-0.1, -0.05) is 18.2 Å². The van der Waals surface area contributed by atoms with E-state index in [2.05, 4.69) is 56.3 Å². The van der Waals surface area contributed by atoms with Crippen LogP contribution in [0.25, 0.3) is 0 Å². The number of benzene rings is 1. The van der Waals surface area contributed by atoms with Gasteiger partial charge in [0.1, 0.15) is 5.82 Å². The predicted molar refractivity (Wildman–Crippen MR) is 100 cm³/mol. The van der Waals surface area contributed by atoms with Crippen molar-refractivity contribution in [3.8, 4) is 0 Å². The molecule has 6 nitrogen and oxygen atoms in total. The number of aromatic nitrogens is 2. The summed E-state index contributed by atoms with van der Waals surface area (Å²) in [6.45, 7) is 7.56. The van der Waals surface area contributed by atoms with E-state index in [1.165, 1.54) is 16.8 Å². The summed E-state index contributed by atoms with van der Waals surface area (Å²) in [5, 5.41) is 3.36. The van der Waals surface area contributed by atoms with Crippen molar-refractivity contribution >= 4 is 11.5 Å². The average Bonchev–Trinajstić information content (AvgIpc) is 2.84. The number of rotatable bonds is 2. The molecule has 2 aliphatic rings. The fourth-order valence-electron chi connectivity index (χ4n) is 3.91. The lowest BCUT2D eigenvalue weighted by molar-refractivity contribution is 0.581. The van der Waals surface area contributed by atoms with Crippen molar-refractivity contribution in [2.45, 2.75) is 26.3 Å². The molecule has 0 spiro atoms. The third-order valence-corrected chi connectivity index (χ3v) is 5.18. The van der Waals surface area contributed by atoms with Crippen molar-refractivity contribution < 1.29 is 0 Å². The second-order valence-electron chi connectivity index (χ2n) is 6.87. The van der Waals surface area contributed by atoms with Crippen LogP contribution in [-0.2, 0) is 13.0 Å². The highest BCUT2D eigenvalue weighted by Gasteiger charge is 2.23. The number of hydrogen-bond donors (Lipinski definition) is 2. The first kappa shape index (κ1) is 16.1. The first-order valence-electron chi connectivity index (χ1n) is 9.11. The number of fused-ring (bicyclic) bond motifs is 1. The van der Waals surface area contributed by atoms with Crippen LogP contribution >= 0.6 is 0 Å². The lowest BCUT2D eigenvalue weighted by Crippen LogP contribution is -2.45. The zero-order valence-electron chi connectivity index (χ0n) is 14.7. The van der Waals surface area contributed by atoms with Gasteiger partial charge in [-0.15, -0.1) is 0 Å². The van der Waals surface area contributed by atoms with Crippen LogP contribution in [0.5, 0.6) is 0 Å². The molecule has 1 aromatic heterocycles. The second kappa shape index (κ2) is 6.88. The van der Waals surface area contributed by atoms with Crippen LogP contribution in [-0.4, -0.2) is 42.7 Å². The molecule has 2 aliphatic heterocycles. The highest BCUT2D eigenvalue weighted by atomic mass is 16.1. The summed E-state index contributed by atoms with van der Waals surface area (Å²) in [5.74, 6) is 0.895. The van der Waals surface area contributed by atoms with Gasteiger partial charge in [0.05, 0.1) is 6.54 Å². The van der Waals surface area contributed by atoms with Gasteiger partial charge in [-0.05, 0) is 31.4 Å². The summed E-state index contributed by atoms with van der Waals surface area (Å²) in [4.78, 5) is 24.2. The first-order valence-corrected chi connectivity index (χ1v) is 9.11. The van der Waals surface area contributed by atoms with Crippen LogP contribution in [0, 0.1) is 6.92 Å². The van der Waals surface area contributed by atoms with E-state index >= 15 is 0 Å². The molecule has 2 N–H and O–H groups in total. The lowest BCUT2D eigenvalue weighted by atomic mass is 10.1.